The van der Waals surface area contributed by atoms with Gasteiger partial charge in [-0.3, -0.25) is 14.9 Å². The summed E-state index contributed by atoms with van der Waals surface area (Å²) in [5.41, 5.74) is 1.59. The molecule has 132 valence electrons. The van der Waals surface area contributed by atoms with Gasteiger partial charge < -0.3 is 0 Å². The number of nitro groups is 1. The van der Waals surface area contributed by atoms with Gasteiger partial charge in [-0.05, 0) is 32.0 Å². The lowest BCUT2D eigenvalue weighted by Gasteiger charge is -2.06. The predicted molar refractivity (Wildman–Crippen MR) is 100 cm³/mol. The summed E-state index contributed by atoms with van der Waals surface area (Å²) in [6.45, 7) is 3.52. The van der Waals surface area contributed by atoms with Crippen LogP contribution in [0.4, 0.5) is 5.69 Å². The zero-order valence-electron chi connectivity index (χ0n) is 14.0. The smallest absolute Gasteiger partial charge is 0.267 e. The minimum Gasteiger partial charge on any atom is -0.267 e. The Bertz CT molecular complexity index is 1020. The maximum atomic E-state index is 12.8. The van der Waals surface area contributed by atoms with Crippen LogP contribution in [0.15, 0.2) is 58.3 Å². The Morgan fingerprint density at radius 3 is 2.50 bits per heavy atom. The molecule has 6 nitrogen and oxygen atoms in total. The van der Waals surface area contributed by atoms with Gasteiger partial charge in [-0.25, -0.2) is 0 Å². The van der Waals surface area contributed by atoms with E-state index in [-0.39, 0.29) is 11.6 Å². The van der Waals surface area contributed by atoms with Crippen molar-refractivity contribution in [1.29, 1.82) is 0 Å². The number of rotatable bonds is 4. The van der Waals surface area contributed by atoms with Crippen molar-refractivity contribution >= 4 is 35.0 Å². The van der Waals surface area contributed by atoms with E-state index in [0.29, 0.717) is 31.8 Å². The summed E-state index contributed by atoms with van der Waals surface area (Å²) in [5.74, 6) is -0.342. The quantitative estimate of drug-likeness (QED) is 0.470. The van der Waals surface area contributed by atoms with E-state index in [1.54, 1.807) is 56.3 Å². The fraction of sp³-hybridized carbons (Fsp3) is 0.111. The first kappa shape index (κ1) is 18.2. The van der Waals surface area contributed by atoms with Crippen LogP contribution in [-0.4, -0.2) is 20.6 Å². The Hall–Kier alpha value is -2.64. The fourth-order valence-corrected chi connectivity index (χ4v) is 3.78. The molecular formula is C18H14ClN3O3S. The molecule has 0 atom stereocenters. The second kappa shape index (κ2) is 7.31. The van der Waals surface area contributed by atoms with Crippen molar-refractivity contribution in [2.45, 2.75) is 23.6 Å². The Balaban J connectivity index is 2.01. The van der Waals surface area contributed by atoms with Gasteiger partial charge in [-0.15, -0.1) is 0 Å². The van der Waals surface area contributed by atoms with Crippen LogP contribution in [0.25, 0.3) is 0 Å². The highest BCUT2D eigenvalue weighted by Gasteiger charge is 2.22. The number of halogens is 1. The summed E-state index contributed by atoms with van der Waals surface area (Å²) in [6.07, 6.45) is 0. The number of nitro benzene ring substituents is 1. The number of carbonyl (C=O) groups excluding carboxylic acids is 1. The van der Waals surface area contributed by atoms with Gasteiger partial charge >= 0.3 is 0 Å². The molecule has 0 fully saturated rings. The van der Waals surface area contributed by atoms with Crippen LogP contribution in [0.5, 0.6) is 0 Å². The molecule has 0 unspecified atom stereocenters. The largest absolute Gasteiger partial charge is 0.283 e. The zero-order chi connectivity index (χ0) is 18.8. The Kier molecular flexibility index (Phi) is 5.11. The molecule has 3 aromatic rings. The van der Waals surface area contributed by atoms with E-state index >= 15 is 0 Å². The van der Waals surface area contributed by atoms with Gasteiger partial charge in [-0.2, -0.15) is 9.78 Å². The van der Waals surface area contributed by atoms with Gasteiger partial charge in [0.1, 0.15) is 0 Å². The zero-order valence-corrected chi connectivity index (χ0v) is 15.5. The second-order valence-electron chi connectivity index (χ2n) is 5.52. The Morgan fingerprint density at radius 2 is 1.81 bits per heavy atom. The maximum absolute atomic E-state index is 12.8. The standard InChI is InChI=1S/C18H14ClN3O3S/c1-11-17(26-16-10-6-5-9-15(16)22(24)25)12(2)21(20-11)18(23)13-7-3-4-8-14(13)19/h3-10H,1-2H3. The fourth-order valence-electron chi connectivity index (χ4n) is 2.53. The molecule has 0 saturated carbocycles. The molecule has 3 rings (SSSR count). The summed E-state index contributed by atoms with van der Waals surface area (Å²) in [7, 11) is 0. The first-order valence-corrected chi connectivity index (χ1v) is 8.86. The molecule has 0 saturated heterocycles. The summed E-state index contributed by atoms with van der Waals surface area (Å²) in [6, 6.07) is 13.2. The van der Waals surface area contributed by atoms with E-state index < -0.39 is 4.92 Å². The summed E-state index contributed by atoms with van der Waals surface area (Å²) >= 11 is 7.33. The number of carbonyl (C=O) groups is 1. The lowest BCUT2D eigenvalue weighted by molar-refractivity contribution is -0.387. The third-order valence-electron chi connectivity index (χ3n) is 3.80. The Labute approximate surface area is 158 Å². The van der Waals surface area contributed by atoms with E-state index in [0.717, 1.165) is 0 Å². The number of nitrogens with zero attached hydrogens (tertiary/aromatic N) is 3. The van der Waals surface area contributed by atoms with Crippen LogP contribution >= 0.6 is 23.4 Å². The van der Waals surface area contributed by atoms with Crippen molar-refractivity contribution < 1.29 is 9.72 Å². The van der Waals surface area contributed by atoms with Crippen LogP contribution in [0.3, 0.4) is 0 Å². The first-order chi connectivity index (χ1) is 12.4. The minimum absolute atomic E-state index is 0.0153. The van der Waals surface area contributed by atoms with Crippen molar-refractivity contribution in [3.05, 3.63) is 80.6 Å². The normalized spacial score (nSPS) is 10.7. The number of hydrogen-bond donors (Lipinski definition) is 0. The molecule has 0 spiro atoms. The van der Waals surface area contributed by atoms with E-state index in [9.17, 15) is 14.9 Å². The molecule has 8 heteroatoms. The molecule has 0 bridgehead atoms. The maximum Gasteiger partial charge on any atom is 0.283 e. The third kappa shape index (κ3) is 3.36. The molecule has 26 heavy (non-hydrogen) atoms. The number of benzene rings is 2. The van der Waals surface area contributed by atoms with Crippen molar-refractivity contribution in [3.8, 4) is 0 Å². The monoisotopic (exact) mass is 387 g/mol. The van der Waals surface area contributed by atoms with Gasteiger partial charge in [0, 0.05) is 6.07 Å². The highest BCUT2D eigenvalue weighted by molar-refractivity contribution is 7.99. The van der Waals surface area contributed by atoms with E-state index in [1.807, 2.05) is 0 Å². The van der Waals surface area contributed by atoms with Gasteiger partial charge in [0.2, 0.25) is 0 Å². The van der Waals surface area contributed by atoms with Crippen LogP contribution in [-0.2, 0) is 0 Å². The van der Waals surface area contributed by atoms with Gasteiger partial charge in [0.05, 0.1) is 36.7 Å². The number of para-hydroxylation sites is 1. The van der Waals surface area contributed by atoms with Gasteiger partial charge in [-0.1, -0.05) is 47.6 Å². The highest BCUT2D eigenvalue weighted by atomic mass is 35.5. The number of aryl methyl sites for hydroxylation is 1. The average Bonchev–Trinajstić information content (AvgIpc) is 2.90. The van der Waals surface area contributed by atoms with Crippen LogP contribution in [0.2, 0.25) is 5.02 Å². The lowest BCUT2D eigenvalue weighted by atomic mass is 10.2. The second-order valence-corrected chi connectivity index (χ2v) is 6.98. The van der Waals surface area contributed by atoms with Gasteiger partial charge in [0.15, 0.2) is 0 Å². The molecule has 0 amide bonds. The third-order valence-corrected chi connectivity index (χ3v) is 5.49. The molecule has 0 radical (unpaired) electrons. The number of hydrogen-bond acceptors (Lipinski definition) is 5. The minimum atomic E-state index is -0.424. The van der Waals surface area contributed by atoms with Crippen molar-refractivity contribution in [2.75, 3.05) is 0 Å². The van der Waals surface area contributed by atoms with Crippen molar-refractivity contribution in [1.82, 2.24) is 9.78 Å². The molecule has 1 heterocycles. The molecule has 2 aromatic carbocycles. The van der Waals surface area contributed by atoms with E-state index in [4.69, 9.17) is 11.6 Å². The summed E-state index contributed by atoms with van der Waals surface area (Å²) in [5, 5.41) is 15.9. The molecule has 0 N–H and O–H groups in total. The average molecular weight is 388 g/mol. The van der Waals surface area contributed by atoms with E-state index in [1.165, 1.54) is 22.5 Å². The first-order valence-electron chi connectivity index (χ1n) is 7.67. The summed E-state index contributed by atoms with van der Waals surface area (Å²) in [4.78, 5) is 24.8. The van der Waals surface area contributed by atoms with E-state index in [2.05, 4.69) is 5.10 Å². The molecule has 0 aliphatic rings. The van der Waals surface area contributed by atoms with Crippen LogP contribution in [0.1, 0.15) is 21.7 Å². The van der Waals surface area contributed by atoms with Crippen molar-refractivity contribution in [3.63, 3.8) is 0 Å². The van der Waals surface area contributed by atoms with Crippen LogP contribution in [0, 0.1) is 24.0 Å². The highest BCUT2D eigenvalue weighted by Crippen LogP contribution is 2.38. The lowest BCUT2D eigenvalue weighted by Crippen LogP contribution is -2.15. The molecule has 1 aromatic heterocycles. The SMILES string of the molecule is Cc1nn(C(=O)c2ccccc2Cl)c(C)c1Sc1ccccc1[N+](=O)[O-]. The molecule has 0 aliphatic carbocycles. The number of aromatic nitrogens is 2. The van der Waals surface area contributed by atoms with Gasteiger partial charge in [0.25, 0.3) is 11.6 Å². The van der Waals surface area contributed by atoms with Crippen molar-refractivity contribution in [2.24, 2.45) is 0 Å². The Morgan fingerprint density at radius 1 is 1.15 bits per heavy atom. The molecular weight excluding hydrogens is 374 g/mol. The predicted octanol–water partition coefficient (Wildman–Crippen LogP) is 4.90. The van der Waals surface area contributed by atoms with Crippen LogP contribution < -0.4 is 0 Å². The summed E-state index contributed by atoms with van der Waals surface area (Å²) < 4.78 is 1.29. The topological polar surface area (TPSA) is 78.0 Å². The molecule has 0 aliphatic heterocycles.